The highest BCUT2D eigenvalue weighted by atomic mass is 79.9. The van der Waals surface area contributed by atoms with Gasteiger partial charge in [-0.15, -0.1) is 0 Å². The molecule has 1 N–H and O–H groups in total. The minimum Gasteiger partial charge on any atom is -0.497 e. The van der Waals surface area contributed by atoms with Crippen LogP contribution in [0.2, 0.25) is 0 Å². The first kappa shape index (κ1) is 11.8. The van der Waals surface area contributed by atoms with Gasteiger partial charge < -0.3 is 14.6 Å². The summed E-state index contributed by atoms with van der Waals surface area (Å²) in [6.07, 6.45) is 0. The topological polar surface area (TPSA) is 55.8 Å². The summed E-state index contributed by atoms with van der Waals surface area (Å²) >= 11 is 3.24. The number of carboxylic acid groups (broad SMARTS) is 1. The number of benzene rings is 1. The van der Waals surface area contributed by atoms with Crippen LogP contribution < -0.4 is 9.47 Å². The Kier molecular flexibility index (Phi) is 3.96. The van der Waals surface area contributed by atoms with Crippen LogP contribution in [0, 0.1) is 0 Å². The second kappa shape index (κ2) is 5.02. The molecule has 1 aromatic carbocycles. The van der Waals surface area contributed by atoms with Crippen molar-refractivity contribution in [3.8, 4) is 11.5 Å². The zero-order chi connectivity index (χ0) is 11.4. The van der Waals surface area contributed by atoms with Crippen molar-refractivity contribution in [2.24, 2.45) is 0 Å². The fourth-order valence-electron chi connectivity index (χ4n) is 1.14. The number of hydrogen-bond donors (Lipinski definition) is 1. The molecule has 0 heterocycles. The van der Waals surface area contributed by atoms with Gasteiger partial charge in [-0.25, -0.2) is 4.79 Å². The predicted octanol–water partition coefficient (Wildman–Crippen LogP) is 2.55. The first-order valence-electron chi connectivity index (χ1n) is 4.33. The molecule has 0 unspecified atom stereocenters. The molecule has 0 radical (unpaired) electrons. The summed E-state index contributed by atoms with van der Waals surface area (Å²) in [4.78, 5) is 11.0. The second-order valence-corrected chi connectivity index (χ2v) is 3.58. The van der Waals surface area contributed by atoms with Crippen molar-refractivity contribution in [2.75, 3.05) is 13.7 Å². The lowest BCUT2D eigenvalue weighted by atomic mass is 10.2. The standard InChI is InChI=1S/C10H11BrO4/c1-3-15-9-7(10(12)13)4-6(14-2)5-8(9)11/h4-5H,3H2,1-2H3,(H,12,13). The zero-order valence-electron chi connectivity index (χ0n) is 8.41. The molecule has 0 spiro atoms. The number of ether oxygens (including phenoxy) is 2. The fourth-order valence-corrected chi connectivity index (χ4v) is 1.69. The molecule has 0 saturated carbocycles. The van der Waals surface area contributed by atoms with Crippen LogP contribution in [-0.2, 0) is 0 Å². The number of methoxy groups -OCH3 is 1. The summed E-state index contributed by atoms with van der Waals surface area (Å²) < 4.78 is 10.8. The molecule has 5 heteroatoms. The minimum absolute atomic E-state index is 0.0862. The number of hydrogen-bond acceptors (Lipinski definition) is 3. The van der Waals surface area contributed by atoms with E-state index in [1.54, 1.807) is 13.0 Å². The van der Waals surface area contributed by atoms with Crippen LogP contribution >= 0.6 is 15.9 Å². The third-order valence-electron chi connectivity index (χ3n) is 1.77. The van der Waals surface area contributed by atoms with Crippen molar-refractivity contribution < 1.29 is 19.4 Å². The van der Waals surface area contributed by atoms with E-state index in [0.717, 1.165) is 0 Å². The van der Waals surface area contributed by atoms with Gasteiger partial charge in [0.1, 0.15) is 17.1 Å². The van der Waals surface area contributed by atoms with Gasteiger partial charge in [-0.2, -0.15) is 0 Å². The van der Waals surface area contributed by atoms with Gasteiger partial charge in [0.25, 0.3) is 0 Å². The Bertz CT molecular complexity index is 376. The van der Waals surface area contributed by atoms with E-state index < -0.39 is 5.97 Å². The monoisotopic (exact) mass is 274 g/mol. The van der Waals surface area contributed by atoms with Crippen molar-refractivity contribution >= 4 is 21.9 Å². The molecule has 15 heavy (non-hydrogen) atoms. The molecule has 0 aliphatic carbocycles. The van der Waals surface area contributed by atoms with E-state index in [0.29, 0.717) is 22.6 Å². The third kappa shape index (κ3) is 2.62. The Labute approximate surface area is 95.9 Å². The highest BCUT2D eigenvalue weighted by Gasteiger charge is 2.16. The maximum Gasteiger partial charge on any atom is 0.339 e. The average molecular weight is 275 g/mol. The normalized spacial score (nSPS) is 9.80. The smallest absolute Gasteiger partial charge is 0.339 e. The van der Waals surface area contributed by atoms with Crippen LogP contribution in [0.25, 0.3) is 0 Å². The first-order chi connectivity index (χ1) is 7.10. The summed E-state index contributed by atoms with van der Waals surface area (Å²) in [6.45, 7) is 2.20. The molecule has 4 nitrogen and oxygen atoms in total. The maximum absolute atomic E-state index is 11.0. The molecule has 0 atom stereocenters. The van der Waals surface area contributed by atoms with Gasteiger partial charge in [-0.05, 0) is 35.0 Å². The largest absolute Gasteiger partial charge is 0.497 e. The van der Waals surface area contributed by atoms with E-state index in [1.807, 2.05) is 0 Å². The molecule has 0 bridgehead atoms. The highest BCUT2D eigenvalue weighted by molar-refractivity contribution is 9.10. The Morgan fingerprint density at radius 3 is 2.67 bits per heavy atom. The van der Waals surface area contributed by atoms with Gasteiger partial charge >= 0.3 is 5.97 Å². The molecule has 0 saturated heterocycles. The Hall–Kier alpha value is -1.23. The SMILES string of the molecule is CCOc1c(Br)cc(OC)cc1C(=O)O. The van der Waals surface area contributed by atoms with E-state index in [4.69, 9.17) is 14.6 Å². The van der Waals surface area contributed by atoms with Crippen LogP contribution in [0.1, 0.15) is 17.3 Å². The number of halogens is 1. The van der Waals surface area contributed by atoms with E-state index in [9.17, 15) is 4.79 Å². The minimum atomic E-state index is -1.04. The van der Waals surface area contributed by atoms with Crippen molar-refractivity contribution in [2.45, 2.75) is 6.92 Å². The van der Waals surface area contributed by atoms with Crippen LogP contribution in [-0.4, -0.2) is 24.8 Å². The van der Waals surface area contributed by atoms with Gasteiger partial charge in [0.2, 0.25) is 0 Å². The lowest BCUT2D eigenvalue weighted by molar-refractivity contribution is 0.0692. The lowest BCUT2D eigenvalue weighted by Crippen LogP contribution is -2.04. The second-order valence-electron chi connectivity index (χ2n) is 2.72. The average Bonchev–Trinajstić information content (AvgIpc) is 2.20. The molecule has 0 amide bonds. The predicted molar refractivity (Wildman–Crippen MR) is 58.8 cm³/mol. The summed E-state index contributed by atoms with van der Waals surface area (Å²) in [5.74, 6) is -0.244. The Morgan fingerprint density at radius 1 is 1.53 bits per heavy atom. The van der Waals surface area contributed by atoms with Crippen molar-refractivity contribution in [1.29, 1.82) is 0 Å². The summed E-state index contributed by atoms with van der Waals surface area (Å²) in [6, 6.07) is 3.09. The molecular formula is C10H11BrO4. The van der Waals surface area contributed by atoms with Crippen LogP contribution in [0.5, 0.6) is 11.5 Å². The first-order valence-corrected chi connectivity index (χ1v) is 5.13. The Morgan fingerprint density at radius 2 is 2.20 bits per heavy atom. The number of carbonyl (C=O) groups is 1. The molecule has 82 valence electrons. The van der Waals surface area contributed by atoms with Crippen LogP contribution in [0.4, 0.5) is 0 Å². The van der Waals surface area contributed by atoms with E-state index in [1.165, 1.54) is 13.2 Å². The molecule has 1 aromatic rings. The van der Waals surface area contributed by atoms with Gasteiger partial charge in [-0.3, -0.25) is 0 Å². The highest BCUT2D eigenvalue weighted by Crippen LogP contribution is 2.33. The van der Waals surface area contributed by atoms with Gasteiger partial charge in [0.05, 0.1) is 18.2 Å². The van der Waals surface area contributed by atoms with E-state index in [-0.39, 0.29) is 5.56 Å². The van der Waals surface area contributed by atoms with Crippen molar-refractivity contribution in [3.05, 3.63) is 22.2 Å². The molecule has 0 fully saturated rings. The zero-order valence-corrected chi connectivity index (χ0v) is 10.00. The maximum atomic E-state index is 11.0. The number of carboxylic acids is 1. The molecular weight excluding hydrogens is 264 g/mol. The van der Waals surface area contributed by atoms with E-state index in [2.05, 4.69) is 15.9 Å². The molecule has 1 rings (SSSR count). The van der Waals surface area contributed by atoms with Crippen molar-refractivity contribution in [3.63, 3.8) is 0 Å². The molecule has 0 aliphatic heterocycles. The molecule has 0 aliphatic rings. The van der Waals surface area contributed by atoms with Gasteiger partial charge in [-0.1, -0.05) is 0 Å². The Balaban J connectivity index is 3.28. The van der Waals surface area contributed by atoms with E-state index >= 15 is 0 Å². The van der Waals surface area contributed by atoms with Crippen LogP contribution in [0.15, 0.2) is 16.6 Å². The summed E-state index contributed by atoms with van der Waals surface area (Å²) in [7, 11) is 1.48. The quantitative estimate of drug-likeness (QED) is 0.917. The lowest BCUT2D eigenvalue weighted by Gasteiger charge is -2.11. The summed E-state index contributed by atoms with van der Waals surface area (Å²) in [5, 5.41) is 8.98. The summed E-state index contributed by atoms with van der Waals surface area (Å²) in [5.41, 5.74) is 0.0862. The molecule has 0 aromatic heterocycles. The van der Waals surface area contributed by atoms with Crippen molar-refractivity contribution in [1.82, 2.24) is 0 Å². The number of aromatic carboxylic acids is 1. The number of rotatable bonds is 4. The van der Waals surface area contributed by atoms with Gasteiger partial charge in [0, 0.05) is 0 Å². The third-order valence-corrected chi connectivity index (χ3v) is 2.36. The van der Waals surface area contributed by atoms with Gasteiger partial charge in [0.15, 0.2) is 0 Å². The fraction of sp³-hybridized carbons (Fsp3) is 0.300. The van der Waals surface area contributed by atoms with Crippen LogP contribution in [0.3, 0.4) is 0 Å².